The van der Waals surface area contributed by atoms with Gasteiger partial charge in [-0.2, -0.15) is 5.26 Å². The van der Waals surface area contributed by atoms with E-state index in [1.807, 2.05) is 31.2 Å². The molecule has 0 bridgehead atoms. The molecule has 1 aromatic carbocycles. The van der Waals surface area contributed by atoms with E-state index in [2.05, 4.69) is 17.3 Å². The van der Waals surface area contributed by atoms with Crippen LogP contribution in [0.3, 0.4) is 0 Å². The number of fused-ring (bicyclic) bond motifs is 1. The summed E-state index contributed by atoms with van der Waals surface area (Å²) in [7, 11) is 0. The van der Waals surface area contributed by atoms with Crippen LogP contribution >= 0.6 is 11.8 Å². The van der Waals surface area contributed by atoms with Crippen LogP contribution in [0.4, 0.5) is 0 Å². The number of benzene rings is 1. The molecule has 0 aliphatic carbocycles. The van der Waals surface area contributed by atoms with Crippen molar-refractivity contribution in [1.29, 1.82) is 5.26 Å². The fraction of sp³-hybridized carbons (Fsp3) is 0.0833. The Morgan fingerprint density at radius 2 is 2.20 bits per heavy atom. The molecule has 0 atom stereocenters. The summed E-state index contributed by atoms with van der Waals surface area (Å²) in [6, 6.07) is 9.99. The molecular weight excluding hydrogens is 204 g/mol. The summed E-state index contributed by atoms with van der Waals surface area (Å²) in [5.41, 5.74) is 2.67. The van der Waals surface area contributed by atoms with Crippen LogP contribution in [0.5, 0.6) is 0 Å². The number of hydrogen-bond donors (Lipinski definition) is 0. The summed E-state index contributed by atoms with van der Waals surface area (Å²) in [4.78, 5) is 4.40. The second kappa shape index (κ2) is 3.92. The van der Waals surface area contributed by atoms with Crippen molar-refractivity contribution in [2.45, 2.75) is 11.9 Å². The lowest BCUT2D eigenvalue weighted by atomic mass is 10.1. The number of hydrogen-bond acceptors (Lipinski definition) is 3. The van der Waals surface area contributed by atoms with E-state index in [9.17, 15) is 0 Å². The summed E-state index contributed by atoms with van der Waals surface area (Å²) < 4.78 is 0. The van der Waals surface area contributed by atoms with E-state index < -0.39 is 0 Å². The second-order valence-corrected chi connectivity index (χ2v) is 3.97. The van der Waals surface area contributed by atoms with Gasteiger partial charge >= 0.3 is 0 Å². The van der Waals surface area contributed by atoms with Gasteiger partial charge in [0, 0.05) is 11.6 Å². The van der Waals surface area contributed by atoms with Gasteiger partial charge in [-0.05, 0) is 24.6 Å². The van der Waals surface area contributed by atoms with Gasteiger partial charge in [0.15, 0.2) is 0 Å². The van der Waals surface area contributed by atoms with Crippen LogP contribution in [0.25, 0.3) is 10.9 Å². The predicted molar refractivity (Wildman–Crippen MR) is 62.4 cm³/mol. The number of aromatic nitrogens is 1. The zero-order valence-corrected chi connectivity index (χ0v) is 9.14. The van der Waals surface area contributed by atoms with Crippen molar-refractivity contribution < 1.29 is 0 Å². The van der Waals surface area contributed by atoms with Gasteiger partial charge in [-0.3, -0.25) is 0 Å². The second-order valence-electron chi connectivity index (χ2n) is 3.29. The van der Waals surface area contributed by atoms with Crippen molar-refractivity contribution in [1.82, 2.24) is 4.98 Å². The summed E-state index contributed by atoms with van der Waals surface area (Å²) in [6.45, 7) is 2.02. The van der Waals surface area contributed by atoms with Crippen molar-refractivity contribution in [3.8, 4) is 6.07 Å². The van der Waals surface area contributed by atoms with Crippen LogP contribution in [0.15, 0.2) is 29.3 Å². The molecule has 0 fully saturated rings. The summed E-state index contributed by atoms with van der Waals surface area (Å²) in [5.74, 6) is 0. The first-order chi connectivity index (χ1) is 7.24. The lowest BCUT2D eigenvalue weighted by Gasteiger charge is -2.03. The molecule has 1 aromatic heterocycles. The van der Waals surface area contributed by atoms with Gasteiger partial charge in [0.05, 0.1) is 11.1 Å². The maximum absolute atomic E-state index is 8.93. The van der Waals surface area contributed by atoms with Crippen LogP contribution < -0.4 is 0 Å². The van der Waals surface area contributed by atoms with Gasteiger partial charge in [0.1, 0.15) is 11.1 Å². The van der Waals surface area contributed by atoms with Gasteiger partial charge in [0.2, 0.25) is 0 Å². The van der Waals surface area contributed by atoms with Crippen molar-refractivity contribution in [3.63, 3.8) is 0 Å². The lowest BCUT2D eigenvalue weighted by molar-refractivity contribution is 1.16. The number of nitrogens with zero attached hydrogens (tertiary/aromatic N) is 2. The predicted octanol–water partition coefficient (Wildman–Crippen LogP) is 3.30. The first-order valence-electron chi connectivity index (χ1n) is 4.48. The highest BCUT2D eigenvalue weighted by molar-refractivity contribution is 8.00. The third-order valence-electron chi connectivity index (χ3n) is 2.20. The van der Waals surface area contributed by atoms with E-state index in [0.29, 0.717) is 10.6 Å². The quantitative estimate of drug-likeness (QED) is 0.682. The molecule has 0 saturated carbocycles. The van der Waals surface area contributed by atoms with Crippen LogP contribution in [-0.4, -0.2) is 4.98 Å². The molecule has 0 N–H and O–H groups in total. The fourth-order valence-electron chi connectivity index (χ4n) is 1.45. The molecule has 0 unspecified atom stereocenters. The molecule has 1 radical (unpaired) electrons. The number of pyridine rings is 1. The molecule has 0 spiro atoms. The number of rotatable bonds is 1. The molecule has 1 heterocycles. The van der Waals surface area contributed by atoms with E-state index in [1.165, 1.54) is 17.3 Å². The number of aryl methyl sites for hydroxylation is 1. The van der Waals surface area contributed by atoms with E-state index in [4.69, 9.17) is 5.26 Å². The van der Waals surface area contributed by atoms with Crippen molar-refractivity contribution >= 4 is 22.7 Å². The average Bonchev–Trinajstić information content (AvgIpc) is 2.27. The van der Waals surface area contributed by atoms with E-state index in [1.54, 1.807) is 0 Å². The van der Waals surface area contributed by atoms with E-state index in [0.717, 1.165) is 10.9 Å². The van der Waals surface area contributed by atoms with Crippen LogP contribution in [-0.2, 0) is 0 Å². The normalized spacial score (nSPS) is 10.2. The van der Waals surface area contributed by atoms with Gasteiger partial charge in [-0.25, -0.2) is 4.98 Å². The Morgan fingerprint density at radius 3 is 2.87 bits per heavy atom. The molecular formula is C12H9N2S. The Morgan fingerprint density at radius 1 is 1.40 bits per heavy atom. The van der Waals surface area contributed by atoms with Crippen molar-refractivity contribution in [2.75, 3.05) is 0 Å². The topological polar surface area (TPSA) is 36.7 Å². The molecule has 15 heavy (non-hydrogen) atoms. The Bertz CT molecular complexity index is 555. The Kier molecular flexibility index (Phi) is 2.61. The maximum atomic E-state index is 8.93. The van der Waals surface area contributed by atoms with Crippen LogP contribution in [0.1, 0.15) is 11.1 Å². The minimum absolute atomic E-state index is 0.589. The molecule has 0 saturated heterocycles. The Labute approximate surface area is 92.9 Å². The smallest absolute Gasteiger partial charge is 0.115 e. The summed E-state index contributed by atoms with van der Waals surface area (Å²) in [5, 5.41) is 10.6. The van der Waals surface area contributed by atoms with Gasteiger partial charge in [-0.1, -0.05) is 12.1 Å². The summed E-state index contributed by atoms with van der Waals surface area (Å²) in [6.07, 6.45) is 3.70. The molecule has 73 valence electrons. The van der Waals surface area contributed by atoms with Crippen molar-refractivity contribution in [3.05, 3.63) is 41.6 Å². The highest BCUT2D eigenvalue weighted by Gasteiger charge is 2.05. The van der Waals surface area contributed by atoms with Gasteiger partial charge < -0.3 is 0 Å². The minimum Gasteiger partial charge on any atom is -0.240 e. The first kappa shape index (κ1) is 10.0. The maximum Gasteiger partial charge on any atom is 0.115 e. The molecule has 3 heteroatoms. The molecule has 0 aliphatic heterocycles. The zero-order chi connectivity index (χ0) is 10.8. The molecule has 2 nitrogen and oxygen atoms in total. The monoisotopic (exact) mass is 213 g/mol. The summed E-state index contributed by atoms with van der Waals surface area (Å²) >= 11 is 1.26. The van der Waals surface area contributed by atoms with Crippen molar-refractivity contribution in [2.24, 2.45) is 0 Å². The molecule has 0 amide bonds. The highest BCUT2D eigenvalue weighted by atomic mass is 32.2. The standard InChI is InChI=1S/C12H9N2S/c1-8-3-4-9-6-10(7-13)12(15-2)14-11(9)5-8/h3-6H,2H2,1H3. The largest absolute Gasteiger partial charge is 0.240 e. The fourth-order valence-corrected chi connectivity index (χ4v) is 1.87. The lowest BCUT2D eigenvalue weighted by Crippen LogP contribution is -1.88. The van der Waals surface area contributed by atoms with Gasteiger partial charge in [-0.15, -0.1) is 11.8 Å². The Hall–Kier alpha value is -1.53. The highest BCUT2D eigenvalue weighted by Crippen LogP contribution is 2.23. The molecule has 2 rings (SSSR count). The third kappa shape index (κ3) is 1.81. The molecule has 0 aliphatic rings. The number of nitriles is 1. The molecule has 2 aromatic rings. The van der Waals surface area contributed by atoms with Crippen LogP contribution in [0.2, 0.25) is 0 Å². The zero-order valence-electron chi connectivity index (χ0n) is 8.32. The van der Waals surface area contributed by atoms with Gasteiger partial charge in [0.25, 0.3) is 0 Å². The van der Waals surface area contributed by atoms with Crippen LogP contribution in [0, 0.1) is 24.5 Å². The van der Waals surface area contributed by atoms with E-state index >= 15 is 0 Å². The average molecular weight is 213 g/mol. The number of thioether (sulfide) groups is 1. The Balaban J connectivity index is 2.77. The SMILES string of the molecule is [CH2]Sc1nc2cc(C)ccc2cc1C#N. The third-order valence-corrected chi connectivity index (χ3v) is 2.78. The first-order valence-corrected chi connectivity index (χ1v) is 5.46. The minimum atomic E-state index is 0.589. The van der Waals surface area contributed by atoms with E-state index in [-0.39, 0.29) is 0 Å².